The van der Waals surface area contributed by atoms with Gasteiger partial charge in [-0.3, -0.25) is 9.97 Å². The molecule has 0 unspecified atom stereocenters. The molecule has 4 aromatic heterocycles. The second-order valence-corrected chi connectivity index (χ2v) is 6.25. The molecule has 0 spiro atoms. The van der Waals surface area contributed by atoms with Gasteiger partial charge in [-0.25, -0.2) is 9.97 Å². The molecule has 0 fully saturated rings. The minimum absolute atomic E-state index is 0.624. The van der Waals surface area contributed by atoms with Gasteiger partial charge >= 0.3 is 0 Å². The van der Waals surface area contributed by atoms with Gasteiger partial charge < -0.3 is 9.88 Å². The van der Waals surface area contributed by atoms with E-state index in [4.69, 9.17) is 0 Å². The topological polar surface area (TPSA) is 68.5 Å². The average Bonchev–Trinajstić information content (AvgIpc) is 2.93. The van der Waals surface area contributed by atoms with Gasteiger partial charge in [0.05, 0.1) is 24.2 Å². The molecule has 4 rings (SSSR count). The lowest BCUT2D eigenvalue weighted by Gasteiger charge is -2.08. The molecule has 6 nitrogen and oxygen atoms in total. The zero-order valence-electron chi connectivity index (χ0n) is 14.8. The molecule has 26 heavy (non-hydrogen) atoms. The minimum Gasteiger partial charge on any atom is -0.364 e. The molecule has 0 saturated heterocycles. The maximum absolute atomic E-state index is 4.55. The molecule has 0 radical (unpaired) electrons. The van der Waals surface area contributed by atoms with Crippen molar-refractivity contribution in [1.82, 2.24) is 24.5 Å². The third-order valence-electron chi connectivity index (χ3n) is 4.63. The van der Waals surface area contributed by atoms with Crippen molar-refractivity contribution in [1.29, 1.82) is 0 Å². The van der Waals surface area contributed by atoms with E-state index < -0.39 is 0 Å². The monoisotopic (exact) mass is 344 g/mol. The molecule has 130 valence electrons. The summed E-state index contributed by atoms with van der Waals surface area (Å²) in [5, 5.41) is 4.47. The van der Waals surface area contributed by atoms with E-state index in [0.717, 1.165) is 34.7 Å². The summed E-state index contributed by atoms with van der Waals surface area (Å²) in [5.41, 5.74) is 5.43. The van der Waals surface area contributed by atoms with Gasteiger partial charge in [0.2, 0.25) is 0 Å². The van der Waals surface area contributed by atoms with E-state index in [0.29, 0.717) is 6.54 Å². The third kappa shape index (κ3) is 3.01. The van der Waals surface area contributed by atoms with Gasteiger partial charge in [-0.15, -0.1) is 0 Å². The van der Waals surface area contributed by atoms with Crippen molar-refractivity contribution >= 4 is 16.9 Å². The van der Waals surface area contributed by atoms with Gasteiger partial charge in [0.15, 0.2) is 0 Å². The molecule has 0 aliphatic carbocycles. The summed E-state index contributed by atoms with van der Waals surface area (Å²) in [6, 6.07) is 9.93. The first-order chi connectivity index (χ1) is 12.7. The van der Waals surface area contributed by atoms with E-state index in [9.17, 15) is 0 Å². The Bertz CT molecular complexity index is 1020. The highest BCUT2D eigenvalue weighted by Crippen LogP contribution is 2.29. The maximum Gasteiger partial charge on any atom is 0.146 e. The molecule has 6 heteroatoms. The Morgan fingerprint density at radius 3 is 2.69 bits per heavy atom. The summed E-state index contributed by atoms with van der Waals surface area (Å²) < 4.78 is 2.22. The summed E-state index contributed by atoms with van der Waals surface area (Å²) >= 11 is 0. The van der Waals surface area contributed by atoms with Crippen LogP contribution in [0.5, 0.6) is 0 Å². The molecular formula is C20H20N6. The molecular weight excluding hydrogens is 324 g/mol. The Balaban J connectivity index is 1.71. The molecule has 0 bridgehead atoms. The number of anilines is 1. The van der Waals surface area contributed by atoms with Crippen molar-refractivity contribution in [2.45, 2.75) is 26.9 Å². The van der Waals surface area contributed by atoms with Crippen LogP contribution in [-0.2, 0) is 13.1 Å². The van der Waals surface area contributed by atoms with Crippen LogP contribution in [0.2, 0.25) is 0 Å². The fourth-order valence-electron chi connectivity index (χ4n) is 3.15. The summed E-state index contributed by atoms with van der Waals surface area (Å²) in [4.78, 5) is 17.6. The highest BCUT2D eigenvalue weighted by Gasteiger charge is 2.16. The second-order valence-electron chi connectivity index (χ2n) is 6.25. The maximum atomic E-state index is 4.55. The summed E-state index contributed by atoms with van der Waals surface area (Å²) in [6.45, 7) is 5.60. The highest BCUT2D eigenvalue weighted by atomic mass is 15.1. The van der Waals surface area contributed by atoms with E-state index in [1.165, 1.54) is 11.3 Å². The van der Waals surface area contributed by atoms with Crippen molar-refractivity contribution in [3.8, 4) is 0 Å². The zero-order chi connectivity index (χ0) is 17.9. The molecule has 0 aromatic carbocycles. The van der Waals surface area contributed by atoms with Crippen molar-refractivity contribution < 1.29 is 0 Å². The molecule has 0 saturated carbocycles. The van der Waals surface area contributed by atoms with Crippen molar-refractivity contribution in [3.05, 3.63) is 77.8 Å². The predicted molar refractivity (Wildman–Crippen MR) is 102 cm³/mol. The fourth-order valence-corrected chi connectivity index (χ4v) is 3.15. The van der Waals surface area contributed by atoms with Crippen LogP contribution < -0.4 is 5.32 Å². The molecule has 0 aliphatic rings. The Kier molecular flexibility index (Phi) is 4.31. The van der Waals surface area contributed by atoms with E-state index in [1.807, 2.05) is 30.5 Å². The van der Waals surface area contributed by atoms with Gasteiger partial charge in [-0.05, 0) is 43.2 Å². The standard InChI is InChI=1S/C20H20N6/c1-14-15(2)26(12-16-6-5-8-21-10-16)20-18(14)19(24-13-25-20)23-11-17-7-3-4-9-22-17/h3-10,13H,11-12H2,1-2H3,(H,23,24,25). The van der Waals surface area contributed by atoms with E-state index in [2.05, 4.69) is 49.7 Å². The molecule has 0 aliphatic heterocycles. The molecule has 0 amide bonds. The van der Waals surface area contributed by atoms with Crippen LogP contribution in [0, 0.1) is 13.8 Å². The average molecular weight is 344 g/mol. The van der Waals surface area contributed by atoms with Crippen LogP contribution in [0.4, 0.5) is 5.82 Å². The Labute approximate surface area is 152 Å². The SMILES string of the molecule is Cc1c(C)n(Cc2cccnc2)c2ncnc(NCc3ccccn3)c12. The number of fused-ring (bicyclic) bond motifs is 1. The van der Waals surface area contributed by atoms with Gasteiger partial charge in [0, 0.05) is 24.3 Å². The number of aryl methyl sites for hydroxylation is 1. The molecule has 4 aromatic rings. The number of aromatic nitrogens is 5. The minimum atomic E-state index is 0.624. The summed E-state index contributed by atoms with van der Waals surface area (Å²) in [7, 11) is 0. The Morgan fingerprint density at radius 1 is 1.00 bits per heavy atom. The largest absolute Gasteiger partial charge is 0.364 e. The van der Waals surface area contributed by atoms with Crippen LogP contribution >= 0.6 is 0 Å². The molecule has 4 heterocycles. The second kappa shape index (κ2) is 6.92. The zero-order valence-corrected chi connectivity index (χ0v) is 14.8. The van der Waals surface area contributed by atoms with Gasteiger partial charge in [0.1, 0.15) is 17.8 Å². The fraction of sp³-hybridized carbons (Fsp3) is 0.200. The quantitative estimate of drug-likeness (QED) is 0.600. The lowest BCUT2D eigenvalue weighted by molar-refractivity contribution is 0.786. The molecule has 1 N–H and O–H groups in total. The first kappa shape index (κ1) is 16.2. The number of pyridine rings is 2. The first-order valence-corrected chi connectivity index (χ1v) is 8.57. The highest BCUT2D eigenvalue weighted by molar-refractivity contribution is 5.91. The van der Waals surface area contributed by atoms with Crippen molar-refractivity contribution in [2.24, 2.45) is 0 Å². The normalized spacial score (nSPS) is 11.0. The third-order valence-corrected chi connectivity index (χ3v) is 4.63. The summed E-state index contributed by atoms with van der Waals surface area (Å²) in [6.07, 6.45) is 7.09. The lowest BCUT2D eigenvalue weighted by atomic mass is 10.2. The Morgan fingerprint density at radius 2 is 1.92 bits per heavy atom. The van der Waals surface area contributed by atoms with Crippen LogP contribution in [0.25, 0.3) is 11.0 Å². The first-order valence-electron chi connectivity index (χ1n) is 8.57. The predicted octanol–water partition coefficient (Wildman–Crippen LogP) is 3.50. The van der Waals surface area contributed by atoms with Gasteiger partial charge in [-0.1, -0.05) is 12.1 Å². The van der Waals surface area contributed by atoms with Crippen molar-refractivity contribution in [2.75, 3.05) is 5.32 Å². The number of hydrogen-bond donors (Lipinski definition) is 1. The lowest BCUT2D eigenvalue weighted by Crippen LogP contribution is -2.05. The van der Waals surface area contributed by atoms with E-state index in [-0.39, 0.29) is 0 Å². The van der Waals surface area contributed by atoms with Gasteiger partial charge in [0.25, 0.3) is 0 Å². The van der Waals surface area contributed by atoms with E-state index in [1.54, 1.807) is 18.7 Å². The Hall–Kier alpha value is -3.28. The smallest absolute Gasteiger partial charge is 0.146 e. The van der Waals surface area contributed by atoms with Crippen LogP contribution in [0.3, 0.4) is 0 Å². The number of hydrogen-bond acceptors (Lipinski definition) is 5. The van der Waals surface area contributed by atoms with E-state index >= 15 is 0 Å². The number of rotatable bonds is 5. The number of nitrogens with zero attached hydrogens (tertiary/aromatic N) is 5. The van der Waals surface area contributed by atoms with Crippen molar-refractivity contribution in [3.63, 3.8) is 0 Å². The van der Waals surface area contributed by atoms with Gasteiger partial charge in [-0.2, -0.15) is 0 Å². The number of nitrogens with one attached hydrogen (secondary N) is 1. The van der Waals surface area contributed by atoms with Crippen LogP contribution in [-0.4, -0.2) is 24.5 Å². The molecule has 0 atom stereocenters. The van der Waals surface area contributed by atoms with Crippen LogP contribution in [0.1, 0.15) is 22.5 Å². The van der Waals surface area contributed by atoms with Crippen LogP contribution in [0.15, 0.2) is 55.2 Å². The summed E-state index contributed by atoms with van der Waals surface area (Å²) in [5.74, 6) is 0.839.